The number of benzene rings is 2. The van der Waals surface area contributed by atoms with Gasteiger partial charge in [-0.15, -0.1) is 0 Å². The number of aromatic nitrogens is 4. The predicted octanol–water partition coefficient (Wildman–Crippen LogP) is 4.05. The fourth-order valence-electron chi connectivity index (χ4n) is 2.77. The Morgan fingerprint density at radius 3 is 2.50 bits per heavy atom. The first kappa shape index (κ1) is 18.2. The van der Waals surface area contributed by atoms with Crippen LogP contribution in [0.25, 0.3) is 11.2 Å². The van der Waals surface area contributed by atoms with Gasteiger partial charge in [-0.3, -0.25) is 0 Å². The molecule has 2 heterocycles. The summed E-state index contributed by atoms with van der Waals surface area (Å²) in [4.78, 5) is 27.3. The number of aromatic carboxylic acids is 1. The summed E-state index contributed by atoms with van der Waals surface area (Å²) in [6.07, 6.45) is 3.18. The summed E-state index contributed by atoms with van der Waals surface area (Å²) in [5, 5.41) is 10.1. The molecule has 4 rings (SSSR count). The average Bonchev–Trinajstić information content (AvgIpc) is 3.17. The summed E-state index contributed by atoms with van der Waals surface area (Å²) in [7, 11) is 0. The van der Waals surface area contributed by atoms with Crippen molar-refractivity contribution in [2.24, 2.45) is 4.99 Å². The fourth-order valence-corrected chi connectivity index (χ4v) is 3.29. The number of carboxylic acids is 1. The van der Waals surface area contributed by atoms with Gasteiger partial charge in [-0.25, -0.2) is 19.8 Å². The van der Waals surface area contributed by atoms with Crippen molar-refractivity contribution in [1.29, 1.82) is 0 Å². The van der Waals surface area contributed by atoms with E-state index >= 15 is 0 Å². The van der Waals surface area contributed by atoms with Crippen molar-refractivity contribution in [2.75, 3.05) is 0 Å². The topological polar surface area (TPSA) is 96.2 Å². The standard InChI is InChI=1S/C19H13Cl2N5O2/c20-14-2-1-3-15(21)13(14)8-26-10-24-17(16-18(26)23-9-22-16)25-12-6-4-11(5-7-12)19(27)28/h1-7,9-10H,8H2,(H,22,23)(H,27,28). The molecule has 0 aliphatic rings. The molecule has 28 heavy (non-hydrogen) atoms. The fraction of sp³-hybridized carbons (Fsp3) is 0.0526. The molecule has 0 radical (unpaired) electrons. The van der Waals surface area contributed by atoms with Crippen molar-refractivity contribution < 1.29 is 9.90 Å². The van der Waals surface area contributed by atoms with Gasteiger partial charge in [0, 0.05) is 15.6 Å². The summed E-state index contributed by atoms with van der Waals surface area (Å²) >= 11 is 12.5. The monoisotopic (exact) mass is 413 g/mol. The molecule has 0 unspecified atom stereocenters. The lowest BCUT2D eigenvalue weighted by molar-refractivity contribution is 0.0697. The minimum absolute atomic E-state index is 0.195. The van der Waals surface area contributed by atoms with Gasteiger partial charge in [0.1, 0.15) is 5.52 Å². The van der Waals surface area contributed by atoms with Crippen LogP contribution < -0.4 is 5.49 Å². The van der Waals surface area contributed by atoms with E-state index in [0.29, 0.717) is 38.9 Å². The molecular weight excluding hydrogens is 401 g/mol. The number of imidazole rings is 1. The summed E-state index contributed by atoms with van der Waals surface area (Å²) in [6.45, 7) is 0.403. The SMILES string of the molecule is O=C(O)c1ccc(N=c2ncn(Cc3c(Cl)cccc3Cl)c3nc[nH]c23)cc1. The van der Waals surface area contributed by atoms with Gasteiger partial charge in [-0.2, -0.15) is 0 Å². The van der Waals surface area contributed by atoms with E-state index in [1.807, 2.05) is 4.57 Å². The number of carbonyl (C=O) groups is 1. The third-order valence-electron chi connectivity index (χ3n) is 4.17. The quantitative estimate of drug-likeness (QED) is 0.527. The van der Waals surface area contributed by atoms with E-state index in [-0.39, 0.29) is 5.56 Å². The zero-order chi connectivity index (χ0) is 19.7. The smallest absolute Gasteiger partial charge is 0.335 e. The second-order valence-corrected chi connectivity index (χ2v) is 6.78. The van der Waals surface area contributed by atoms with Crippen molar-refractivity contribution in [3.8, 4) is 0 Å². The number of hydrogen-bond acceptors (Lipinski definition) is 4. The number of hydrogen-bond donors (Lipinski definition) is 2. The number of nitrogens with zero attached hydrogens (tertiary/aromatic N) is 4. The van der Waals surface area contributed by atoms with E-state index in [4.69, 9.17) is 28.3 Å². The van der Waals surface area contributed by atoms with Gasteiger partial charge in [0.05, 0.1) is 30.5 Å². The lowest BCUT2D eigenvalue weighted by atomic mass is 10.2. The van der Waals surface area contributed by atoms with Gasteiger partial charge in [-0.1, -0.05) is 29.3 Å². The van der Waals surface area contributed by atoms with Crippen molar-refractivity contribution in [1.82, 2.24) is 19.5 Å². The van der Waals surface area contributed by atoms with Crippen LogP contribution in [0.1, 0.15) is 15.9 Å². The summed E-state index contributed by atoms with van der Waals surface area (Å²) in [5.74, 6) is -0.986. The van der Waals surface area contributed by atoms with E-state index < -0.39 is 5.97 Å². The Morgan fingerprint density at radius 2 is 1.82 bits per heavy atom. The molecule has 2 aromatic heterocycles. The van der Waals surface area contributed by atoms with E-state index in [1.54, 1.807) is 43.0 Å². The lowest BCUT2D eigenvalue weighted by Gasteiger charge is -2.10. The summed E-state index contributed by atoms with van der Waals surface area (Å²) < 4.78 is 1.82. The Kier molecular flexibility index (Phi) is 4.85. The van der Waals surface area contributed by atoms with Crippen LogP contribution in [0.4, 0.5) is 5.69 Å². The number of carboxylic acid groups (broad SMARTS) is 1. The normalized spacial score (nSPS) is 11.9. The molecule has 140 valence electrons. The van der Waals surface area contributed by atoms with E-state index in [2.05, 4.69) is 19.9 Å². The third kappa shape index (κ3) is 3.49. The highest BCUT2D eigenvalue weighted by atomic mass is 35.5. The molecule has 4 aromatic rings. The molecule has 0 aliphatic carbocycles. The molecule has 0 saturated carbocycles. The first-order valence-electron chi connectivity index (χ1n) is 8.22. The molecule has 2 aromatic carbocycles. The van der Waals surface area contributed by atoms with Crippen LogP contribution >= 0.6 is 23.2 Å². The summed E-state index contributed by atoms with van der Waals surface area (Å²) in [6, 6.07) is 11.6. The van der Waals surface area contributed by atoms with Gasteiger partial charge >= 0.3 is 5.97 Å². The van der Waals surface area contributed by atoms with Crippen molar-refractivity contribution in [3.63, 3.8) is 0 Å². The van der Waals surface area contributed by atoms with Gasteiger partial charge in [0.2, 0.25) is 0 Å². The molecule has 0 bridgehead atoms. The van der Waals surface area contributed by atoms with Crippen molar-refractivity contribution in [2.45, 2.75) is 6.54 Å². The largest absolute Gasteiger partial charge is 0.478 e. The second kappa shape index (κ2) is 7.46. The Morgan fingerprint density at radius 1 is 1.11 bits per heavy atom. The summed E-state index contributed by atoms with van der Waals surface area (Å²) in [5.41, 5.74) is 3.29. The lowest BCUT2D eigenvalue weighted by Crippen LogP contribution is -2.15. The molecule has 0 saturated heterocycles. The van der Waals surface area contributed by atoms with Crippen molar-refractivity contribution >= 4 is 46.0 Å². The molecule has 2 N–H and O–H groups in total. The zero-order valence-corrected chi connectivity index (χ0v) is 15.8. The van der Waals surface area contributed by atoms with Crippen molar-refractivity contribution in [3.05, 3.63) is 81.8 Å². The molecule has 9 heteroatoms. The number of fused-ring (bicyclic) bond motifs is 1. The van der Waals surface area contributed by atoms with Gasteiger partial charge < -0.3 is 14.7 Å². The number of halogens is 2. The maximum Gasteiger partial charge on any atom is 0.335 e. The number of nitrogens with one attached hydrogen (secondary N) is 1. The first-order valence-corrected chi connectivity index (χ1v) is 8.98. The van der Waals surface area contributed by atoms with Crippen LogP contribution in [-0.2, 0) is 6.54 Å². The molecule has 0 fully saturated rings. The molecule has 7 nitrogen and oxygen atoms in total. The minimum atomic E-state index is -0.986. The first-order chi connectivity index (χ1) is 13.5. The highest BCUT2D eigenvalue weighted by molar-refractivity contribution is 6.36. The highest BCUT2D eigenvalue weighted by Crippen LogP contribution is 2.25. The van der Waals surface area contributed by atoms with Gasteiger partial charge in [0.25, 0.3) is 0 Å². The highest BCUT2D eigenvalue weighted by Gasteiger charge is 2.11. The maximum absolute atomic E-state index is 11.0. The van der Waals surface area contributed by atoms with Crippen LogP contribution in [0.2, 0.25) is 10.0 Å². The van der Waals surface area contributed by atoms with Crippen LogP contribution in [0.3, 0.4) is 0 Å². The number of H-pyrrole nitrogens is 1. The Labute approximate surface area is 168 Å². The average molecular weight is 414 g/mol. The van der Waals surface area contributed by atoms with Crippen LogP contribution in [0.15, 0.2) is 60.1 Å². The molecule has 0 spiro atoms. The third-order valence-corrected chi connectivity index (χ3v) is 4.88. The molecule has 0 amide bonds. The van der Waals surface area contributed by atoms with E-state index in [1.165, 1.54) is 12.1 Å². The van der Waals surface area contributed by atoms with E-state index in [0.717, 1.165) is 5.56 Å². The predicted molar refractivity (Wildman–Crippen MR) is 106 cm³/mol. The number of aromatic amines is 1. The van der Waals surface area contributed by atoms with Gasteiger partial charge in [0.15, 0.2) is 11.1 Å². The molecule has 0 aliphatic heterocycles. The molecule has 0 atom stereocenters. The Bertz CT molecular complexity index is 1230. The maximum atomic E-state index is 11.0. The van der Waals surface area contributed by atoms with Gasteiger partial charge in [-0.05, 0) is 36.4 Å². The number of rotatable bonds is 4. The van der Waals surface area contributed by atoms with Crippen LogP contribution in [0, 0.1) is 0 Å². The zero-order valence-electron chi connectivity index (χ0n) is 14.3. The Balaban J connectivity index is 1.76. The van der Waals surface area contributed by atoms with E-state index in [9.17, 15) is 4.79 Å². The molecular formula is C19H13Cl2N5O2. The second-order valence-electron chi connectivity index (χ2n) is 5.96. The Hall–Kier alpha value is -3.16. The van der Waals surface area contributed by atoms with Crippen LogP contribution in [-0.4, -0.2) is 30.6 Å². The van der Waals surface area contributed by atoms with Crippen LogP contribution in [0.5, 0.6) is 0 Å². The minimum Gasteiger partial charge on any atom is -0.478 e.